The van der Waals surface area contributed by atoms with Crippen LogP contribution in [-0.2, 0) is 4.79 Å². The van der Waals surface area contributed by atoms with Gasteiger partial charge in [-0.1, -0.05) is 6.07 Å². The third kappa shape index (κ3) is 1.97. The van der Waals surface area contributed by atoms with Gasteiger partial charge in [-0.3, -0.25) is 4.79 Å². The van der Waals surface area contributed by atoms with Gasteiger partial charge < -0.3 is 9.64 Å². The second-order valence-corrected chi connectivity index (χ2v) is 3.84. The molecule has 1 aliphatic heterocycles. The van der Waals surface area contributed by atoms with E-state index in [0.717, 1.165) is 0 Å². The smallest absolute Gasteiger partial charge is 0.265 e. The molecule has 1 aliphatic rings. The first-order valence-corrected chi connectivity index (χ1v) is 5.55. The van der Waals surface area contributed by atoms with E-state index >= 15 is 0 Å². The molecular formula is C11H11ClFNO2. The highest BCUT2D eigenvalue weighted by Crippen LogP contribution is 2.34. The van der Waals surface area contributed by atoms with Crippen LogP contribution in [0.1, 0.15) is 6.42 Å². The third-order valence-electron chi connectivity index (χ3n) is 2.39. The summed E-state index contributed by atoms with van der Waals surface area (Å²) in [7, 11) is 0. The Hall–Kier alpha value is -1.29. The van der Waals surface area contributed by atoms with E-state index in [4.69, 9.17) is 16.3 Å². The van der Waals surface area contributed by atoms with Crippen LogP contribution in [0.3, 0.4) is 0 Å². The Morgan fingerprint density at radius 3 is 3.06 bits per heavy atom. The summed E-state index contributed by atoms with van der Waals surface area (Å²) in [6.45, 7) is 0.373. The maximum Gasteiger partial charge on any atom is 0.265 e. The van der Waals surface area contributed by atoms with E-state index in [1.165, 1.54) is 11.0 Å². The number of nitrogens with zero attached hydrogens (tertiary/aromatic N) is 1. The van der Waals surface area contributed by atoms with Gasteiger partial charge >= 0.3 is 0 Å². The number of hydrogen-bond acceptors (Lipinski definition) is 2. The average molecular weight is 244 g/mol. The number of rotatable bonds is 3. The molecule has 1 aromatic carbocycles. The number of hydrogen-bond donors (Lipinski definition) is 0. The fourth-order valence-electron chi connectivity index (χ4n) is 1.66. The molecule has 1 heterocycles. The monoisotopic (exact) mass is 243 g/mol. The first kappa shape index (κ1) is 11.2. The average Bonchev–Trinajstić information content (AvgIpc) is 2.28. The zero-order valence-electron chi connectivity index (χ0n) is 8.58. The number of alkyl halides is 1. The Morgan fingerprint density at radius 1 is 1.50 bits per heavy atom. The van der Waals surface area contributed by atoms with Crippen molar-refractivity contribution in [3.8, 4) is 5.75 Å². The molecule has 0 N–H and O–H groups in total. The van der Waals surface area contributed by atoms with Crippen LogP contribution in [0.5, 0.6) is 5.75 Å². The molecule has 0 radical (unpaired) electrons. The lowest BCUT2D eigenvalue weighted by Gasteiger charge is -2.29. The maximum absolute atomic E-state index is 13.4. The molecule has 1 amide bonds. The number of amides is 1. The summed E-state index contributed by atoms with van der Waals surface area (Å²) in [6, 6.07) is 4.54. The van der Waals surface area contributed by atoms with E-state index in [2.05, 4.69) is 0 Å². The van der Waals surface area contributed by atoms with Gasteiger partial charge in [-0.2, -0.15) is 0 Å². The van der Waals surface area contributed by atoms with Gasteiger partial charge in [0.2, 0.25) is 0 Å². The van der Waals surface area contributed by atoms with Crippen molar-refractivity contribution < 1.29 is 13.9 Å². The number of benzene rings is 1. The molecule has 0 saturated carbocycles. The number of anilines is 1. The number of carbonyl (C=O) groups excluding carboxylic acids is 1. The molecule has 16 heavy (non-hydrogen) atoms. The maximum atomic E-state index is 13.4. The van der Waals surface area contributed by atoms with Crippen molar-refractivity contribution in [2.45, 2.75) is 6.42 Å². The summed E-state index contributed by atoms with van der Waals surface area (Å²) in [5.41, 5.74) is 0.487. The molecular weight excluding hydrogens is 233 g/mol. The van der Waals surface area contributed by atoms with Crippen LogP contribution in [-0.4, -0.2) is 24.9 Å². The Labute approximate surface area is 97.8 Å². The quantitative estimate of drug-likeness (QED) is 0.762. The van der Waals surface area contributed by atoms with Crippen LogP contribution in [0.25, 0.3) is 0 Å². The summed E-state index contributed by atoms with van der Waals surface area (Å²) in [4.78, 5) is 13.1. The van der Waals surface area contributed by atoms with Gasteiger partial charge in [-0.15, -0.1) is 11.6 Å². The van der Waals surface area contributed by atoms with E-state index in [9.17, 15) is 9.18 Å². The molecule has 0 saturated heterocycles. The number of para-hydroxylation sites is 1. The first-order valence-electron chi connectivity index (χ1n) is 5.01. The van der Waals surface area contributed by atoms with E-state index in [1.807, 2.05) is 0 Å². The minimum atomic E-state index is -0.444. The summed E-state index contributed by atoms with van der Waals surface area (Å²) in [5.74, 6) is 0.00992. The van der Waals surface area contributed by atoms with Gasteiger partial charge in [-0.05, 0) is 18.6 Å². The summed E-state index contributed by atoms with van der Waals surface area (Å²) in [5, 5.41) is 0. The van der Waals surface area contributed by atoms with Crippen molar-refractivity contribution in [1.29, 1.82) is 0 Å². The predicted molar refractivity (Wildman–Crippen MR) is 59.6 cm³/mol. The Bertz CT molecular complexity index is 411. The van der Waals surface area contributed by atoms with Crippen LogP contribution in [0.2, 0.25) is 0 Å². The van der Waals surface area contributed by atoms with E-state index < -0.39 is 5.82 Å². The summed E-state index contributed by atoms with van der Waals surface area (Å²) >= 11 is 5.58. The van der Waals surface area contributed by atoms with E-state index in [0.29, 0.717) is 24.5 Å². The number of fused-ring (bicyclic) bond motifs is 1. The predicted octanol–water partition coefficient (Wildman–Crippen LogP) is 2.18. The normalized spacial score (nSPS) is 14.6. The molecule has 5 heteroatoms. The molecule has 0 atom stereocenters. The zero-order valence-corrected chi connectivity index (χ0v) is 9.34. The SMILES string of the molecule is O=C1COc2c(F)cccc2N1CCCCl. The first-order chi connectivity index (χ1) is 7.74. The Kier molecular flexibility index (Phi) is 3.29. The lowest BCUT2D eigenvalue weighted by Crippen LogP contribution is -2.39. The van der Waals surface area contributed by atoms with Crippen molar-refractivity contribution in [2.75, 3.05) is 23.9 Å². The summed E-state index contributed by atoms with van der Waals surface area (Å²) < 4.78 is 18.5. The highest BCUT2D eigenvalue weighted by molar-refractivity contribution is 6.17. The fourth-order valence-corrected chi connectivity index (χ4v) is 1.78. The minimum Gasteiger partial charge on any atom is -0.478 e. The van der Waals surface area contributed by atoms with Crippen LogP contribution < -0.4 is 9.64 Å². The third-order valence-corrected chi connectivity index (χ3v) is 2.66. The van der Waals surface area contributed by atoms with Gasteiger partial charge in [-0.25, -0.2) is 4.39 Å². The van der Waals surface area contributed by atoms with Gasteiger partial charge in [0.15, 0.2) is 18.2 Å². The molecule has 0 aliphatic carbocycles. The van der Waals surface area contributed by atoms with Crippen LogP contribution in [0, 0.1) is 5.82 Å². The second-order valence-electron chi connectivity index (χ2n) is 3.46. The highest BCUT2D eigenvalue weighted by atomic mass is 35.5. The van der Waals surface area contributed by atoms with Crippen LogP contribution >= 0.6 is 11.6 Å². The van der Waals surface area contributed by atoms with Crippen molar-refractivity contribution in [3.05, 3.63) is 24.0 Å². The van der Waals surface area contributed by atoms with Gasteiger partial charge in [0.05, 0.1) is 5.69 Å². The Morgan fingerprint density at radius 2 is 2.31 bits per heavy atom. The lowest BCUT2D eigenvalue weighted by atomic mass is 10.2. The van der Waals surface area contributed by atoms with Crippen LogP contribution in [0.15, 0.2) is 18.2 Å². The standard InChI is InChI=1S/C11H11ClFNO2/c12-5-2-6-14-9-4-1-3-8(13)11(9)16-7-10(14)15/h1,3-4H,2,5-7H2. The van der Waals surface area contributed by atoms with Crippen molar-refractivity contribution in [1.82, 2.24) is 0 Å². The van der Waals surface area contributed by atoms with Crippen LogP contribution in [0.4, 0.5) is 10.1 Å². The van der Waals surface area contributed by atoms with Crippen molar-refractivity contribution >= 4 is 23.2 Å². The number of ether oxygens (including phenoxy) is 1. The molecule has 0 aromatic heterocycles. The Balaban J connectivity index is 2.32. The number of halogens is 2. The largest absolute Gasteiger partial charge is 0.478 e. The number of carbonyl (C=O) groups is 1. The van der Waals surface area contributed by atoms with Crippen molar-refractivity contribution in [2.24, 2.45) is 0 Å². The minimum absolute atomic E-state index is 0.115. The van der Waals surface area contributed by atoms with Crippen molar-refractivity contribution in [3.63, 3.8) is 0 Å². The lowest BCUT2D eigenvalue weighted by molar-refractivity contribution is -0.121. The molecule has 0 fully saturated rings. The van der Waals surface area contributed by atoms with E-state index in [-0.39, 0.29) is 18.3 Å². The molecule has 1 aromatic rings. The van der Waals surface area contributed by atoms with Gasteiger partial charge in [0.25, 0.3) is 5.91 Å². The molecule has 3 nitrogen and oxygen atoms in total. The second kappa shape index (κ2) is 4.70. The highest BCUT2D eigenvalue weighted by Gasteiger charge is 2.26. The zero-order chi connectivity index (χ0) is 11.5. The fraction of sp³-hybridized carbons (Fsp3) is 0.364. The molecule has 0 bridgehead atoms. The van der Waals surface area contributed by atoms with E-state index in [1.54, 1.807) is 12.1 Å². The van der Waals surface area contributed by atoms with Gasteiger partial charge in [0.1, 0.15) is 0 Å². The molecule has 2 rings (SSSR count). The summed E-state index contributed by atoms with van der Waals surface area (Å²) in [6.07, 6.45) is 0.670. The molecule has 0 unspecified atom stereocenters. The molecule has 86 valence electrons. The topological polar surface area (TPSA) is 29.5 Å². The van der Waals surface area contributed by atoms with Gasteiger partial charge in [0, 0.05) is 12.4 Å². The molecule has 0 spiro atoms.